The van der Waals surface area contributed by atoms with Crippen LogP contribution < -0.4 is 11.1 Å². The molecule has 0 aromatic heterocycles. The van der Waals surface area contributed by atoms with Gasteiger partial charge in [-0.05, 0) is 12.8 Å². The largest absolute Gasteiger partial charge is 0.368 e. The van der Waals surface area contributed by atoms with E-state index in [-0.39, 0.29) is 11.9 Å². The van der Waals surface area contributed by atoms with E-state index in [2.05, 4.69) is 10.3 Å². The van der Waals surface area contributed by atoms with Gasteiger partial charge in [0.2, 0.25) is 5.91 Å². The van der Waals surface area contributed by atoms with Crippen LogP contribution in [0.25, 0.3) is 0 Å². The highest BCUT2D eigenvalue weighted by Gasteiger charge is 2.18. The predicted molar refractivity (Wildman–Crippen MR) is 56.0 cm³/mol. The number of nitrogens with one attached hydrogen (secondary N) is 1. The third-order valence-corrected chi connectivity index (χ3v) is 2.33. The first kappa shape index (κ1) is 10.8. The molecule has 0 spiro atoms. The Hall–Kier alpha value is -1.26. The number of aliphatic imine (C=N–C) groups is 1. The first-order valence-electron chi connectivity index (χ1n) is 4.96. The molecule has 1 heterocycles. The molecule has 0 saturated heterocycles. The molecule has 1 rings (SSSR count). The number of primary amides is 1. The van der Waals surface area contributed by atoms with Crippen molar-refractivity contribution in [3.8, 4) is 0 Å². The molecule has 5 nitrogen and oxygen atoms in total. The summed E-state index contributed by atoms with van der Waals surface area (Å²) in [5.41, 5.74) is 5.23. The molecule has 1 aliphatic heterocycles. The maximum absolute atomic E-state index is 11.0. The molecular weight excluding hydrogens is 180 g/mol. The van der Waals surface area contributed by atoms with E-state index in [0.29, 0.717) is 6.42 Å². The van der Waals surface area contributed by atoms with Crippen LogP contribution in [0.1, 0.15) is 19.8 Å². The highest BCUT2D eigenvalue weighted by molar-refractivity contribution is 5.88. The molecule has 0 bridgehead atoms. The minimum atomic E-state index is -0.325. The lowest BCUT2D eigenvalue weighted by molar-refractivity contribution is -0.119. The Morgan fingerprint density at radius 3 is 3.00 bits per heavy atom. The molecule has 0 aromatic carbocycles. The number of carbonyl (C=O) groups excluding carboxylic acids is 1. The molecule has 0 radical (unpaired) electrons. The number of amides is 1. The van der Waals surface area contributed by atoms with Crippen molar-refractivity contribution in [3.05, 3.63) is 0 Å². The molecule has 5 heteroatoms. The second-order valence-corrected chi connectivity index (χ2v) is 3.49. The monoisotopic (exact) mass is 198 g/mol. The van der Waals surface area contributed by atoms with Crippen LogP contribution in [0.5, 0.6) is 0 Å². The average molecular weight is 198 g/mol. The number of nitrogens with two attached hydrogens (primary N) is 1. The van der Waals surface area contributed by atoms with E-state index in [1.807, 2.05) is 18.9 Å². The first-order chi connectivity index (χ1) is 6.65. The molecule has 1 amide bonds. The van der Waals surface area contributed by atoms with Gasteiger partial charge < -0.3 is 16.0 Å². The molecular formula is C9H18N4O. The van der Waals surface area contributed by atoms with Crippen LogP contribution in [-0.4, -0.2) is 42.9 Å². The van der Waals surface area contributed by atoms with Gasteiger partial charge in [-0.3, -0.25) is 9.79 Å². The molecule has 1 atom stereocenters. The number of rotatable bonds is 3. The third-order valence-electron chi connectivity index (χ3n) is 2.33. The van der Waals surface area contributed by atoms with Gasteiger partial charge in [-0.15, -0.1) is 0 Å². The molecule has 1 aliphatic rings. The molecule has 80 valence electrons. The fraction of sp³-hybridized carbons (Fsp3) is 0.778. The normalized spacial score (nSPS) is 18.7. The number of hydrogen-bond acceptors (Lipinski definition) is 4. The summed E-state index contributed by atoms with van der Waals surface area (Å²) in [6.45, 7) is 3.72. The minimum Gasteiger partial charge on any atom is -0.368 e. The summed E-state index contributed by atoms with van der Waals surface area (Å²) < 4.78 is 0. The summed E-state index contributed by atoms with van der Waals surface area (Å²) in [5, 5.41) is 3.06. The SMILES string of the molecule is CCC(NC1=NCCCN1C)C(N)=O. The van der Waals surface area contributed by atoms with Crippen LogP contribution in [0.2, 0.25) is 0 Å². The van der Waals surface area contributed by atoms with Gasteiger partial charge in [0.15, 0.2) is 5.96 Å². The summed E-state index contributed by atoms with van der Waals surface area (Å²) in [5.74, 6) is 0.455. The second-order valence-electron chi connectivity index (χ2n) is 3.49. The van der Waals surface area contributed by atoms with Gasteiger partial charge in [-0.1, -0.05) is 6.92 Å². The van der Waals surface area contributed by atoms with Crippen molar-refractivity contribution in [2.75, 3.05) is 20.1 Å². The van der Waals surface area contributed by atoms with E-state index in [0.717, 1.165) is 25.5 Å². The lowest BCUT2D eigenvalue weighted by Gasteiger charge is -2.28. The second kappa shape index (κ2) is 4.83. The van der Waals surface area contributed by atoms with Gasteiger partial charge in [-0.2, -0.15) is 0 Å². The highest BCUT2D eigenvalue weighted by atomic mass is 16.1. The maximum Gasteiger partial charge on any atom is 0.239 e. The topological polar surface area (TPSA) is 70.7 Å². The van der Waals surface area contributed by atoms with Crippen molar-refractivity contribution in [1.29, 1.82) is 0 Å². The lowest BCUT2D eigenvalue weighted by atomic mass is 10.2. The first-order valence-corrected chi connectivity index (χ1v) is 4.96. The van der Waals surface area contributed by atoms with Crippen molar-refractivity contribution in [2.45, 2.75) is 25.8 Å². The Balaban J connectivity index is 2.56. The molecule has 0 saturated carbocycles. The van der Waals surface area contributed by atoms with Gasteiger partial charge in [0.1, 0.15) is 6.04 Å². The van der Waals surface area contributed by atoms with Crippen molar-refractivity contribution in [1.82, 2.24) is 10.2 Å². The zero-order valence-corrected chi connectivity index (χ0v) is 8.79. The lowest BCUT2D eigenvalue weighted by Crippen LogP contribution is -2.51. The minimum absolute atomic E-state index is 0.311. The number of guanidine groups is 1. The molecule has 0 aromatic rings. The van der Waals surface area contributed by atoms with Gasteiger partial charge in [0, 0.05) is 20.1 Å². The third kappa shape index (κ3) is 2.61. The fourth-order valence-corrected chi connectivity index (χ4v) is 1.41. The Morgan fingerprint density at radius 1 is 1.79 bits per heavy atom. The van der Waals surface area contributed by atoms with Crippen molar-refractivity contribution in [3.63, 3.8) is 0 Å². The fourth-order valence-electron chi connectivity index (χ4n) is 1.41. The quantitative estimate of drug-likeness (QED) is 0.644. The highest BCUT2D eigenvalue weighted by Crippen LogP contribution is 2.00. The summed E-state index contributed by atoms with van der Waals surface area (Å²) in [7, 11) is 1.96. The van der Waals surface area contributed by atoms with E-state index >= 15 is 0 Å². The summed E-state index contributed by atoms with van der Waals surface area (Å²) in [6.07, 6.45) is 1.75. The summed E-state index contributed by atoms with van der Waals surface area (Å²) in [6, 6.07) is -0.311. The summed E-state index contributed by atoms with van der Waals surface area (Å²) in [4.78, 5) is 17.3. The Morgan fingerprint density at radius 2 is 2.50 bits per heavy atom. The Labute approximate surface area is 84.4 Å². The van der Waals surface area contributed by atoms with Crippen LogP contribution in [0, 0.1) is 0 Å². The van der Waals surface area contributed by atoms with E-state index in [1.165, 1.54) is 0 Å². The van der Waals surface area contributed by atoms with Gasteiger partial charge in [0.05, 0.1) is 0 Å². The smallest absolute Gasteiger partial charge is 0.239 e. The van der Waals surface area contributed by atoms with Crippen LogP contribution >= 0.6 is 0 Å². The van der Waals surface area contributed by atoms with Crippen LogP contribution in [0.3, 0.4) is 0 Å². The van der Waals surface area contributed by atoms with Crippen molar-refractivity contribution < 1.29 is 4.79 Å². The molecule has 14 heavy (non-hydrogen) atoms. The molecule has 0 fully saturated rings. The average Bonchev–Trinajstić information content (AvgIpc) is 2.16. The Kier molecular flexibility index (Phi) is 3.73. The maximum atomic E-state index is 11.0. The van der Waals surface area contributed by atoms with E-state index in [1.54, 1.807) is 0 Å². The van der Waals surface area contributed by atoms with E-state index in [9.17, 15) is 4.79 Å². The number of nitrogens with zero attached hydrogens (tertiary/aromatic N) is 2. The number of carbonyl (C=O) groups is 1. The van der Waals surface area contributed by atoms with Crippen LogP contribution in [-0.2, 0) is 4.79 Å². The Bertz CT molecular complexity index is 239. The molecule has 1 unspecified atom stereocenters. The van der Waals surface area contributed by atoms with Crippen molar-refractivity contribution in [2.24, 2.45) is 10.7 Å². The van der Waals surface area contributed by atoms with Crippen molar-refractivity contribution >= 4 is 11.9 Å². The molecule has 0 aliphatic carbocycles. The van der Waals surface area contributed by atoms with Gasteiger partial charge in [-0.25, -0.2) is 0 Å². The zero-order chi connectivity index (χ0) is 10.6. The van der Waals surface area contributed by atoms with Gasteiger partial charge in [0.25, 0.3) is 0 Å². The zero-order valence-electron chi connectivity index (χ0n) is 8.79. The van der Waals surface area contributed by atoms with E-state index in [4.69, 9.17) is 5.73 Å². The standard InChI is InChI=1S/C9H18N4O/c1-3-7(8(10)14)12-9-11-5-4-6-13(9)2/h7H,3-6H2,1-2H3,(H2,10,14)(H,11,12). The van der Waals surface area contributed by atoms with Crippen LogP contribution in [0.15, 0.2) is 4.99 Å². The van der Waals surface area contributed by atoms with Gasteiger partial charge >= 0.3 is 0 Å². The van der Waals surface area contributed by atoms with Crippen LogP contribution in [0.4, 0.5) is 0 Å². The molecule has 3 N–H and O–H groups in total. The number of hydrogen-bond donors (Lipinski definition) is 2. The summed E-state index contributed by atoms with van der Waals surface area (Å²) >= 11 is 0. The van der Waals surface area contributed by atoms with E-state index < -0.39 is 0 Å². The predicted octanol–water partition coefficient (Wildman–Crippen LogP) is -0.469.